The highest BCUT2D eigenvalue weighted by Crippen LogP contribution is 2.33. The van der Waals surface area contributed by atoms with Gasteiger partial charge in [0.2, 0.25) is 0 Å². The van der Waals surface area contributed by atoms with Crippen LogP contribution in [0.4, 0.5) is 0 Å². The van der Waals surface area contributed by atoms with Gasteiger partial charge in [0.15, 0.2) is 5.82 Å². The van der Waals surface area contributed by atoms with Crippen molar-refractivity contribution in [2.45, 2.75) is 39.5 Å². The van der Waals surface area contributed by atoms with Crippen molar-refractivity contribution in [2.24, 2.45) is 0 Å². The molecule has 0 fully saturated rings. The Morgan fingerprint density at radius 2 is 1.69 bits per heavy atom. The summed E-state index contributed by atoms with van der Waals surface area (Å²) in [4.78, 5) is 14.2. The molecule has 5 nitrogen and oxygen atoms in total. The van der Waals surface area contributed by atoms with E-state index < -0.39 is 0 Å². The molecule has 29 heavy (non-hydrogen) atoms. The van der Waals surface area contributed by atoms with Crippen LogP contribution >= 0.6 is 11.5 Å². The molecule has 0 spiro atoms. The Morgan fingerprint density at radius 1 is 0.966 bits per heavy atom. The van der Waals surface area contributed by atoms with Crippen LogP contribution in [0.2, 0.25) is 0 Å². The van der Waals surface area contributed by atoms with Crippen molar-refractivity contribution in [3.05, 3.63) is 69.6 Å². The van der Waals surface area contributed by atoms with E-state index in [2.05, 4.69) is 63.7 Å². The molecule has 0 saturated heterocycles. The lowest BCUT2D eigenvalue weighted by atomic mass is 9.95. The molecule has 0 amide bonds. The molecule has 2 aromatic heterocycles. The lowest BCUT2D eigenvalue weighted by Gasteiger charge is -2.10. The zero-order valence-electron chi connectivity index (χ0n) is 16.7. The molecule has 0 radical (unpaired) electrons. The fourth-order valence-electron chi connectivity index (χ4n) is 3.66. The normalized spacial score (nSPS) is 11.1. The van der Waals surface area contributed by atoms with Gasteiger partial charge in [-0.25, -0.2) is 0 Å². The van der Waals surface area contributed by atoms with Crippen LogP contribution in [0.25, 0.3) is 33.6 Å². The summed E-state index contributed by atoms with van der Waals surface area (Å²) in [5.74, 6) is 0.615. The highest BCUT2D eigenvalue weighted by atomic mass is 32.1. The summed E-state index contributed by atoms with van der Waals surface area (Å²) in [5.41, 5.74) is 7.83. The maximum atomic E-state index is 11.5. The van der Waals surface area contributed by atoms with Crippen molar-refractivity contribution in [2.75, 3.05) is 0 Å². The van der Waals surface area contributed by atoms with E-state index in [9.17, 15) is 4.79 Å². The van der Waals surface area contributed by atoms with Gasteiger partial charge >= 0.3 is 4.87 Å². The molecule has 0 bridgehead atoms. The fraction of sp³-hybridized carbons (Fsp3) is 0.261. The lowest BCUT2D eigenvalue weighted by Crippen LogP contribution is -1.94. The van der Waals surface area contributed by atoms with Gasteiger partial charge in [-0.1, -0.05) is 68.8 Å². The monoisotopic (exact) mass is 404 g/mol. The highest BCUT2D eigenvalue weighted by Gasteiger charge is 2.15. The van der Waals surface area contributed by atoms with Gasteiger partial charge in [-0.2, -0.15) is 9.47 Å². The number of rotatable bonds is 7. The van der Waals surface area contributed by atoms with Crippen LogP contribution < -0.4 is 4.87 Å². The quantitative estimate of drug-likeness (QED) is 0.429. The van der Waals surface area contributed by atoms with Crippen molar-refractivity contribution >= 4 is 11.5 Å². The Kier molecular flexibility index (Phi) is 5.71. The Bertz CT molecular complexity index is 1150. The number of H-pyrrole nitrogens is 2. The smallest absolute Gasteiger partial charge is 0.296 e. The molecule has 0 atom stereocenters. The average molecular weight is 405 g/mol. The summed E-state index contributed by atoms with van der Waals surface area (Å²) in [6.45, 7) is 4.35. The summed E-state index contributed by atoms with van der Waals surface area (Å²) in [6, 6.07) is 16.6. The third kappa shape index (κ3) is 3.93. The SMILES string of the molecule is CCCCc1[nH]nc(CC)c1-c1ccc(-c2ccccc2-c2nsc(=O)[nH]2)cc1. The standard InChI is InChI=1S/C23H24N4OS/c1-3-5-10-20-21(19(4-2)25-26-20)16-13-11-15(12-14-16)17-8-6-7-9-18(17)22-24-23(28)29-27-22/h6-9,11-14H,3-5,10H2,1-2H3,(H,25,26)(H,24,27,28). The van der Waals surface area contributed by atoms with E-state index in [4.69, 9.17) is 0 Å². The Labute approximate surface area is 174 Å². The Hall–Kier alpha value is -2.99. The second-order valence-corrected chi connectivity index (χ2v) is 7.78. The van der Waals surface area contributed by atoms with Crippen LogP contribution in [0.1, 0.15) is 38.1 Å². The minimum Gasteiger partial charge on any atom is -0.296 e. The average Bonchev–Trinajstić information content (AvgIpc) is 3.38. The molecular formula is C23H24N4OS. The molecule has 0 aliphatic heterocycles. The zero-order chi connectivity index (χ0) is 20.2. The lowest BCUT2D eigenvalue weighted by molar-refractivity contribution is 0.772. The third-order valence-corrected chi connectivity index (χ3v) is 5.68. The van der Waals surface area contributed by atoms with Crippen molar-refractivity contribution < 1.29 is 0 Å². The van der Waals surface area contributed by atoms with E-state index in [0.29, 0.717) is 5.82 Å². The number of aromatic nitrogens is 4. The molecule has 4 aromatic rings. The summed E-state index contributed by atoms with van der Waals surface area (Å²) < 4.78 is 4.25. The van der Waals surface area contributed by atoms with Crippen LogP contribution in [-0.2, 0) is 12.8 Å². The second kappa shape index (κ2) is 8.57. The minimum absolute atomic E-state index is 0.142. The molecule has 0 aliphatic rings. The number of unbranched alkanes of at least 4 members (excludes halogenated alkanes) is 1. The first kappa shape index (κ1) is 19.3. The molecule has 2 aromatic carbocycles. The largest absolute Gasteiger partial charge is 0.323 e. The van der Waals surface area contributed by atoms with Gasteiger partial charge in [-0.15, -0.1) is 0 Å². The number of nitrogens with zero attached hydrogens (tertiary/aromatic N) is 2. The number of aryl methyl sites for hydroxylation is 2. The van der Waals surface area contributed by atoms with Gasteiger partial charge in [-0.05, 0) is 36.0 Å². The molecule has 148 valence electrons. The van der Waals surface area contributed by atoms with E-state index in [0.717, 1.165) is 59.6 Å². The maximum absolute atomic E-state index is 11.5. The maximum Gasteiger partial charge on any atom is 0.323 e. The molecule has 2 heterocycles. The summed E-state index contributed by atoms with van der Waals surface area (Å²) in [5, 5.41) is 7.78. The Balaban J connectivity index is 1.72. The summed E-state index contributed by atoms with van der Waals surface area (Å²) in [6.07, 6.45) is 4.23. The first-order chi connectivity index (χ1) is 14.2. The molecular weight excluding hydrogens is 380 g/mol. The molecule has 2 N–H and O–H groups in total. The van der Waals surface area contributed by atoms with Crippen LogP contribution in [0.5, 0.6) is 0 Å². The van der Waals surface area contributed by atoms with Gasteiger partial charge in [0.05, 0.1) is 5.69 Å². The van der Waals surface area contributed by atoms with Crippen LogP contribution in [0, 0.1) is 0 Å². The number of aromatic amines is 2. The second-order valence-electron chi connectivity index (χ2n) is 7.05. The highest BCUT2D eigenvalue weighted by molar-refractivity contribution is 7.03. The van der Waals surface area contributed by atoms with Crippen LogP contribution in [-0.4, -0.2) is 19.6 Å². The van der Waals surface area contributed by atoms with E-state index in [1.807, 2.05) is 18.2 Å². The van der Waals surface area contributed by atoms with Crippen LogP contribution in [0.15, 0.2) is 53.3 Å². The fourth-order valence-corrected chi connectivity index (χ4v) is 4.12. The molecule has 0 aliphatic carbocycles. The van der Waals surface area contributed by atoms with Crippen molar-refractivity contribution in [1.82, 2.24) is 19.6 Å². The molecule has 4 rings (SSSR count). The van der Waals surface area contributed by atoms with E-state index >= 15 is 0 Å². The predicted molar refractivity (Wildman–Crippen MR) is 119 cm³/mol. The van der Waals surface area contributed by atoms with Gasteiger partial charge in [0.1, 0.15) is 0 Å². The van der Waals surface area contributed by atoms with Crippen molar-refractivity contribution in [1.29, 1.82) is 0 Å². The summed E-state index contributed by atoms with van der Waals surface area (Å²) >= 11 is 0.944. The van der Waals surface area contributed by atoms with Gasteiger partial charge in [0, 0.05) is 28.4 Å². The van der Waals surface area contributed by atoms with E-state index in [1.54, 1.807) is 0 Å². The van der Waals surface area contributed by atoms with Crippen molar-refractivity contribution in [3.8, 4) is 33.6 Å². The summed E-state index contributed by atoms with van der Waals surface area (Å²) in [7, 11) is 0. The Morgan fingerprint density at radius 3 is 2.34 bits per heavy atom. The van der Waals surface area contributed by atoms with Gasteiger partial charge in [-0.3, -0.25) is 14.9 Å². The predicted octanol–water partition coefficient (Wildman–Crippen LogP) is 5.46. The first-order valence-electron chi connectivity index (χ1n) is 10.0. The third-order valence-electron chi connectivity index (χ3n) is 5.14. The topological polar surface area (TPSA) is 74.4 Å². The number of hydrogen-bond donors (Lipinski definition) is 2. The molecule has 0 unspecified atom stereocenters. The van der Waals surface area contributed by atoms with Crippen molar-refractivity contribution in [3.63, 3.8) is 0 Å². The minimum atomic E-state index is -0.142. The molecule has 0 saturated carbocycles. The first-order valence-corrected chi connectivity index (χ1v) is 10.8. The van der Waals surface area contributed by atoms with Crippen LogP contribution in [0.3, 0.4) is 0 Å². The van der Waals surface area contributed by atoms with E-state index in [1.165, 1.54) is 16.8 Å². The molecule has 6 heteroatoms. The van der Waals surface area contributed by atoms with E-state index in [-0.39, 0.29) is 4.87 Å². The number of benzene rings is 2. The number of nitrogens with one attached hydrogen (secondary N) is 2. The van der Waals surface area contributed by atoms with Gasteiger partial charge < -0.3 is 0 Å². The zero-order valence-corrected chi connectivity index (χ0v) is 17.5. The van der Waals surface area contributed by atoms with Gasteiger partial charge in [0.25, 0.3) is 0 Å². The number of hydrogen-bond acceptors (Lipinski definition) is 4.